The summed E-state index contributed by atoms with van der Waals surface area (Å²) in [6.07, 6.45) is 11.8. The molecular formula is C29H26FN5O2. The van der Waals surface area contributed by atoms with Crippen LogP contribution in [-0.2, 0) is 4.79 Å². The van der Waals surface area contributed by atoms with Gasteiger partial charge >= 0.3 is 5.97 Å². The van der Waals surface area contributed by atoms with E-state index in [9.17, 15) is 14.3 Å². The molecule has 2 aliphatic rings. The van der Waals surface area contributed by atoms with Gasteiger partial charge in [0, 0.05) is 40.5 Å². The summed E-state index contributed by atoms with van der Waals surface area (Å²) in [6, 6.07) is 11.3. The van der Waals surface area contributed by atoms with Crippen molar-refractivity contribution in [2.75, 3.05) is 0 Å². The standard InChI is InChI=1S/C29H26FN5O2/c30-19-11-20-22(13-32-26(20)31-12-19)27-33-14-23-24(17-6-2-1-3-7-17)15-35(28(23)34-27)25-18-8-4-5-16(9-18)10-21(25)29(36)37/h1-3,6-7,11-16,18,21,25H,4-5,8-10H2,(H,31,32)(H,36,37)/t16?,18?,21-,25-/m1/s1. The molecule has 0 amide bonds. The number of fused-ring (bicyclic) bond motifs is 4. The van der Waals surface area contributed by atoms with Gasteiger partial charge in [0.25, 0.3) is 0 Å². The number of H-pyrrole nitrogens is 1. The lowest BCUT2D eigenvalue weighted by molar-refractivity contribution is -0.147. The Bertz CT molecular complexity index is 1640. The van der Waals surface area contributed by atoms with Crippen LogP contribution >= 0.6 is 0 Å². The minimum Gasteiger partial charge on any atom is -0.481 e. The van der Waals surface area contributed by atoms with Gasteiger partial charge in [-0.3, -0.25) is 4.79 Å². The van der Waals surface area contributed by atoms with Crippen LogP contribution in [0.1, 0.15) is 38.1 Å². The molecule has 186 valence electrons. The normalized spacial score (nSPS) is 23.5. The van der Waals surface area contributed by atoms with Crippen molar-refractivity contribution in [1.82, 2.24) is 24.5 Å². The molecule has 2 N–H and O–H groups in total. The molecule has 2 fully saturated rings. The van der Waals surface area contributed by atoms with Crippen molar-refractivity contribution in [3.05, 3.63) is 67.0 Å². The fourth-order valence-corrected chi connectivity index (χ4v) is 6.75. The molecule has 37 heavy (non-hydrogen) atoms. The van der Waals surface area contributed by atoms with E-state index in [1.165, 1.54) is 12.3 Å². The van der Waals surface area contributed by atoms with Crippen molar-refractivity contribution in [2.24, 2.45) is 17.8 Å². The van der Waals surface area contributed by atoms with Gasteiger partial charge in [-0.25, -0.2) is 19.3 Å². The number of nitrogens with zero attached hydrogens (tertiary/aromatic N) is 4. The zero-order valence-electron chi connectivity index (χ0n) is 20.1. The quantitative estimate of drug-likeness (QED) is 0.308. The maximum atomic E-state index is 14.0. The summed E-state index contributed by atoms with van der Waals surface area (Å²) in [6.45, 7) is 0. The van der Waals surface area contributed by atoms with E-state index in [0.29, 0.717) is 40.4 Å². The number of aromatic nitrogens is 5. The van der Waals surface area contributed by atoms with Crippen molar-refractivity contribution in [2.45, 2.75) is 38.1 Å². The van der Waals surface area contributed by atoms with Crippen molar-refractivity contribution in [3.8, 4) is 22.5 Å². The van der Waals surface area contributed by atoms with E-state index in [-0.39, 0.29) is 12.0 Å². The van der Waals surface area contributed by atoms with Crippen LogP contribution < -0.4 is 0 Å². The van der Waals surface area contributed by atoms with Crippen molar-refractivity contribution < 1.29 is 14.3 Å². The van der Waals surface area contributed by atoms with E-state index in [4.69, 9.17) is 4.98 Å². The van der Waals surface area contributed by atoms with Gasteiger partial charge in [-0.15, -0.1) is 0 Å². The van der Waals surface area contributed by atoms with Crippen LogP contribution in [0.5, 0.6) is 0 Å². The summed E-state index contributed by atoms with van der Waals surface area (Å²) < 4.78 is 16.1. The first kappa shape index (κ1) is 22.2. The molecule has 8 heteroatoms. The second kappa shape index (κ2) is 8.50. The Morgan fingerprint density at radius 2 is 1.92 bits per heavy atom. The number of benzene rings is 1. The molecule has 0 saturated heterocycles. The Morgan fingerprint density at radius 1 is 1.05 bits per heavy atom. The summed E-state index contributed by atoms with van der Waals surface area (Å²) >= 11 is 0. The number of aliphatic carboxylic acids is 1. The highest BCUT2D eigenvalue weighted by Crippen LogP contribution is 2.50. The summed E-state index contributed by atoms with van der Waals surface area (Å²) in [5, 5.41) is 11.8. The third kappa shape index (κ3) is 3.62. The van der Waals surface area contributed by atoms with Crippen LogP contribution in [0.3, 0.4) is 0 Å². The average Bonchev–Trinajstić information content (AvgIpc) is 3.50. The van der Waals surface area contributed by atoms with Crippen molar-refractivity contribution >= 4 is 28.0 Å². The molecule has 0 aliphatic heterocycles. The summed E-state index contributed by atoms with van der Waals surface area (Å²) in [5.41, 5.74) is 3.95. The Kier molecular flexibility index (Phi) is 5.09. The predicted molar refractivity (Wildman–Crippen MR) is 138 cm³/mol. The van der Waals surface area contributed by atoms with Gasteiger partial charge in [-0.05, 0) is 42.7 Å². The molecule has 4 heterocycles. The Labute approximate surface area is 212 Å². The fourth-order valence-electron chi connectivity index (χ4n) is 6.75. The summed E-state index contributed by atoms with van der Waals surface area (Å²) in [5.74, 6) is -0.412. The van der Waals surface area contributed by atoms with Crippen LogP contribution in [0.4, 0.5) is 4.39 Å². The van der Waals surface area contributed by atoms with Gasteiger partial charge in [0.15, 0.2) is 5.82 Å². The zero-order valence-corrected chi connectivity index (χ0v) is 20.1. The molecule has 2 bridgehead atoms. The lowest BCUT2D eigenvalue weighted by Gasteiger charge is -2.44. The SMILES string of the molecule is O=C(O)[C@@H]1CC2CCCC(C2)[C@H]1n1cc(-c2ccccc2)c2cnc(-c3c[nH]c4ncc(F)cc34)nc21. The highest BCUT2D eigenvalue weighted by molar-refractivity contribution is 5.96. The Balaban J connectivity index is 1.46. The maximum absolute atomic E-state index is 14.0. The molecule has 2 saturated carbocycles. The van der Waals surface area contributed by atoms with Crippen molar-refractivity contribution in [1.29, 1.82) is 0 Å². The van der Waals surface area contributed by atoms with E-state index in [2.05, 4.69) is 25.7 Å². The lowest BCUT2D eigenvalue weighted by Crippen LogP contribution is -2.40. The molecule has 1 aromatic carbocycles. The third-order valence-corrected chi connectivity index (χ3v) is 8.34. The van der Waals surface area contributed by atoms with Crippen LogP contribution in [0, 0.1) is 23.6 Å². The highest BCUT2D eigenvalue weighted by Gasteiger charge is 2.44. The number of rotatable bonds is 4. The van der Waals surface area contributed by atoms with Gasteiger partial charge in [0.2, 0.25) is 0 Å². The van der Waals surface area contributed by atoms with E-state index in [1.807, 2.05) is 36.5 Å². The number of hydrogen-bond acceptors (Lipinski definition) is 4. The van der Waals surface area contributed by atoms with Crippen LogP contribution in [0.2, 0.25) is 0 Å². The molecular weight excluding hydrogens is 469 g/mol. The number of nitrogens with one attached hydrogen (secondary N) is 1. The molecule has 0 spiro atoms. The lowest BCUT2D eigenvalue weighted by atomic mass is 9.65. The van der Waals surface area contributed by atoms with E-state index < -0.39 is 17.7 Å². The summed E-state index contributed by atoms with van der Waals surface area (Å²) in [7, 11) is 0. The first-order chi connectivity index (χ1) is 18.1. The molecule has 4 atom stereocenters. The zero-order chi connectivity index (χ0) is 25.1. The van der Waals surface area contributed by atoms with E-state index in [0.717, 1.165) is 42.2 Å². The van der Waals surface area contributed by atoms with E-state index >= 15 is 0 Å². The monoisotopic (exact) mass is 495 g/mol. The minimum atomic E-state index is -0.739. The first-order valence-corrected chi connectivity index (χ1v) is 12.9. The molecule has 7 nitrogen and oxygen atoms in total. The first-order valence-electron chi connectivity index (χ1n) is 12.9. The highest BCUT2D eigenvalue weighted by atomic mass is 19.1. The van der Waals surface area contributed by atoms with Gasteiger partial charge in [-0.2, -0.15) is 0 Å². The molecule has 4 aromatic heterocycles. The predicted octanol–water partition coefficient (Wildman–Crippen LogP) is 6.23. The number of aromatic amines is 1. The average molecular weight is 496 g/mol. The maximum Gasteiger partial charge on any atom is 0.308 e. The van der Waals surface area contributed by atoms with Gasteiger partial charge < -0.3 is 14.7 Å². The third-order valence-electron chi connectivity index (χ3n) is 8.34. The smallest absolute Gasteiger partial charge is 0.308 e. The van der Waals surface area contributed by atoms with Crippen LogP contribution in [0.25, 0.3) is 44.6 Å². The molecule has 2 unspecified atom stereocenters. The number of halogens is 1. The Hall–Kier alpha value is -4.07. The molecule has 7 rings (SSSR count). The molecule has 2 aliphatic carbocycles. The van der Waals surface area contributed by atoms with Gasteiger partial charge in [0.1, 0.15) is 17.1 Å². The van der Waals surface area contributed by atoms with Crippen LogP contribution in [0.15, 0.2) is 61.2 Å². The topological polar surface area (TPSA) is 96.7 Å². The largest absolute Gasteiger partial charge is 0.481 e. The van der Waals surface area contributed by atoms with Gasteiger partial charge in [-0.1, -0.05) is 43.2 Å². The molecule has 0 radical (unpaired) electrons. The Morgan fingerprint density at radius 3 is 2.76 bits per heavy atom. The second-order valence-corrected chi connectivity index (χ2v) is 10.5. The van der Waals surface area contributed by atoms with Crippen molar-refractivity contribution in [3.63, 3.8) is 0 Å². The fraction of sp³-hybridized carbons (Fsp3) is 0.310. The number of carboxylic acids is 1. The summed E-state index contributed by atoms with van der Waals surface area (Å²) in [4.78, 5) is 29.4. The van der Waals surface area contributed by atoms with Crippen LogP contribution in [-0.4, -0.2) is 35.6 Å². The molecule has 5 aromatic rings. The number of carbonyl (C=O) groups is 1. The van der Waals surface area contributed by atoms with Gasteiger partial charge in [0.05, 0.1) is 18.2 Å². The number of hydrogen-bond donors (Lipinski definition) is 2. The number of pyridine rings is 1. The van der Waals surface area contributed by atoms with E-state index in [1.54, 1.807) is 6.20 Å². The number of carboxylic acid groups (broad SMARTS) is 1. The second-order valence-electron chi connectivity index (χ2n) is 10.5. The minimum absolute atomic E-state index is 0.182.